The van der Waals surface area contributed by atoms with Crippen molar-refractivity contribution in [3.63, 3.8) is 0 Å². The van der Waals surface area contributed by atoms with Crippen molar-refractivity contribution in [2.45, 2.75) is 45.8 Å². The van der Waals surface area contributed by atoms with Gasteiger partial charge in [-0.2, -0.15) is 0 Å². The fraction of sp³-hybridized carbons (Fsp3) is 0.500. The predicted octanol–water partition coefficient (Wildman–Crippen LogP) is 2.97. The minimum atomic E-state index is -1.12. The lowest BCUT2D eigenvalue weighted by molar-refractivity contribution is -0.170. The van der Waals surface area contributed by atoms with Crippen LogP contribution in [0.4, 0.5) is 0 Å². The van der Waals surface area contributed by atoms with E-state index in [1.54, 1.807) is 58.9 Å². The molecule has 0 bridgehead atoms. The molecule has 0 fully saturated rings. The number of carbonyl (C=O) groups excluding carboxylic acids is 2. The van der Waals surface area contributed by atoms with Gasteiger partial charge in [-0.05, 0) is 58.9 Å². The Morgan fingerprint density at radius 1 is 0.952 bits per heavy atom. The van der Waals surface area contributed by atoms with Gasteiger partial charge in [0.25, 0.3) is 0 Å². The molecule has 0 aliphatic rings. The van der Waals surface area contributed by atoms with Crippen LogP contribution in [0.5, 0.6) is 5.75 Å². The first-order valence-corrected chi connectivity index (χ1v) is 6.66. The van der Waals surface area contributed by atoms with E-state index in [4.69, 9.17) is 9.47 Å². The average Bonchev–Trinajstić information content (AvgIpc) is 2.36. The lowest BCUT2D eigenvalue weighted by Gasteiger charge is -2.29. The van der Waals surface area contributed by atoms with Crippen LogP contribution in [0.2, 0.25) is 0 Å². The average molecular weight is 294 g/mol. The Kier molecular flexibility index (Phi) is 4.99. The highest BCUT2D eigenvalue weighted by atomic mass is 16.6. The van der Waals surface area contributed by atoms with E-state index >= 15 is 0 Å². The molecule has 1 aromatic rings. The Bertz CT molecular complexity index is 508. The third-order valence-corrected chi connectivity index (χ3v) is 2.54. The van der Waals surface area contributed by atoms with Crippen molar-refractivity contribution in [2.24, 2.45) is 0 Å². The van der Waals surface area contributed by atoms with E-state index in [0.29, 0.717) is 11.3 Å². The summed E-state index contributed by atoms with van der Waals surface area (Å²) in [7, 11) is 1.32. The lowest BCUT2D eigenvalue weighted by Crippen LogP contribution is -2.43. The Labute approximate surface area is 125 Å². The number of methoxy groups -OCH3 is 1. The van der Waals surface area contributed by atoms with Crippen molar-refractivity contribution in [1.29, 1.82) is 0 Å². The molecule has 0 spiro atoms. The van der Waals surface area contributed by atoms with Crippen LogP contribution in [-0.2, 0) is 14.3 Å². The summed E-state index contributed by atoms with van der Waals surface area (Å²) < 4.78 is 15.6. The zero-order chi connectivity index (χ0) is 16.3. The summed E-state index contributed by atoms with van der Waals surface area (Å²) in [4.78, 5) is 23.4. The minimum Gasteiger partial charge on any atom is -0.476 e. The van der Waals surface area contributed by atoms with E-state index in [9.17, 15) is 9.59 Å². The quantitative estimate of drug-likeness (QED) is 0.799. The summed E-state index contributed by atoms with van der Waals surface area (Å²) in [6.07, 6.45) is 0. The highest BCUT2D eigenvalue weighted by Crippen LogP contribution is 2.22. The van der Waals surface area contributed by atoms with Gasteiger partial charge in [0, 0.05) is 0 Å². The Morgan fingerprint density at radius 3 is 1.90 bits per heavy atom. The highest BCUT2D eigenvalue weighted by Gasteiger charge is 2.34. The number of carbonyl (C=O) groups is 2. The summed E-state index contributed by atoms with van der Waals surface area (Å²) in [5.74, 6) is -0.404. The van der Waals surface area contributed by atoms with Crippen LogP contribution in [-0.4, -0.2) is 30.3 Å². The van der Waals surface area contributed by atoms with E-state index < -0.39 is 23.1 Å². The molecular weight excluding hydrogens is 272 g/mol. The van der Waals surface area contributed by atoms with Crippen molar-refractivity contribution in [1.82, 2.24) is 0 Å². The number of hydrogen-bond donors (Lipinski definition) is 0. The first-order valence-electron chi connectivity index (χ1n) is 6.66. The van der Waals surface area contributed by atoms with Crippen molar-refractivity contribution in [3.05, 3.63) is 29.8 Å². The second kappa shape index (κ2) is 6.16. The van der Waals surface area contributed by atoms with E-state index in [0.717, 1.165) is 0 Å². The zero-order valence-electron chi connectivity index (χ0n) is 13.4. The first kappa shape index (κ1) is 17.0. The maximum absolute atomic E-state index is 12.1. The van der Waals surface area contributed by atoms with Gasteiger partial charge in [-0.25, -0.2) is 9.59 Å². The van der Waals surface area contributed by atoms with Crippen LogP contribution < -0.4 is 4.74 Å². The van der Waals surface area contributed by atoms with Gasteiger partial charge in [-0.15, -0.1) is 0 Å². The topological polar surface area (TPSA) is 61.8 Å². The summed E-state index contributed by atoms with van der Waals surface area (Å²) in [5.41, 5.74) is -1.29. The Hall–Kier alpha value is -2.04. The maximum atomic E-state index is 12.1. The predicted molar refractivity (Wildman–Crippen MR) is 78.3 cm³/mol. The molecule has 1 aromatic carbocycles. The van der Waals surface area contributed by atoms with E-state index in [-0.39, 0.29) is 0 Å². The van der Waals surface area contributed by atoms with E-state index in [1.165, 1.54) is 7.11 Å². The van der Waals surface area contributed by atoms with Gasteiger partial charge in [0.15, 0.2) is 5.60 Å². The van der Waals surface area contributed by atoms with Gasteiger partial charge in [0.05, 0.1) is 12.7 Å². The number of hydrogen-bond acceptors (Lipinski definition) is 5. The smallest absolute Gasteiger partial charge is 0.350 e. The number of rotatable bonds is 4. The van der Waals surface area contributed by atoms with E-state index in [2.05, 4.69) is 4.74 Å². The molecule has 5 nitrogen and oxygen atoms in total. The summed E-state index contributed by atoms with van der Waals surface area (Å²) in [6.45, 7) is 8.66. The third kappa shape index (κ3) is 5.10. The second-order valence-corrected chi connectivity index (χ2v) is 6.13. The number of benzene rings is 1. The van der Waals surface area contributed by atoms with Crippen molar-refractivity contribution in [2.75, 3.05) is 7.11 Å². The molecule has 0 saturated carbocycles. The molecule has 116 valence electrons. The molecule has 1 rings (SSSR count). The molecule has 0 N–H and O–H groups in total. The first-order chi connectivity index (χ1) is 9.55. The van der Waals surface area contributed by atoms with Crippen LogP contribution in [0, 0.1) is 0 Å². The standard InChI is InChI=1S/C16H22O5/c1-15(2,3)21-14(18)16(4,5)20-12-9-7-11(8-10-12)13(17)19-6/h7-10H,1-6H3. The van der Waals surface area contributed by atoms with Crippen LogP contribution in [0.3, 0.4) is 0 Å². The second-order valence-electron chi connectivity index (χ2n) is 6.13. The number of ether oxygens (including phenoxy) is 3. The molecule has 0 atom stereocenters. The molecular formula is C16H22O5. The molecule has 0 radical (unpaired) electrons. The van der Waals surface area contributed by atoms with Crippen molar-refractivity contribution >= 4 is 11.9 Å². The molecule has 0 amide bonds. The van der Waals surface area contributed by atoms with Crippen LogP contribution in [0.15, 0.2) is 24.3 Å². The van der Waals surface area contributed by atoms with Crippen LogP contribution >= 0.6 is 0 Å². The molecule has 0 saturated heterocycles. The fourth-order valence-electron chi connectivity index (χ4n) is 1.51. The SMILES string of the molecule is COC(=O)c1ccc(OC(C)(C)C(=O)OC(C)(C)C)cc1. The van der Waals surface area contributed by atoms with Gasteiger partial charge < -0.3 is 14.2 Å². The molecule has 0 unspecified atom stereocenters. The highest BCUT2D eigenvalue weighted by molar-refractivity contribution is 5.89. The molecule has 0 heterocycles. The van der Waals surface area contributed by atoms with E-state index in [1.807, 2.05) is 0 Å². The molecule has 21 heavy (non-hydrogen) atoms. The lowest BCUT2D eigenvalue weighted by atomic mass is 10.1. The molecule has 5 heteroatoms. The summed E-state index contributed by atoms with van der Waals surface area (Å²) in [6, 6.07) is 6.37. The van der Waals surface area contributed by atoms with Crippen LogP contribution in [0.1, 0.15) is 45.0 Å². The zero-order valence-corrected chi connectivity index (χ0v) is 13.4. The Morgan fingerprint density at radius 2 is 1.48 bits per heavy atom. The summed E-state index contributed by atoms with van der Waals surface area (Å²) >= 11 is 0. The molecule has 0 aliphatic heterocycles. The fourth-order valence-corrected chi connectivity index (χ4v) is 1.51. The maximum Gasteiger partial charge on any atom is 0.350 e. The third-order valence-electron chi connectivity index (χ3n) is 2.54. The van der Waals surface area contributed by atoms with Crippen molar-refractivity contribution < 1.29 is 23.8 Å². The van der Waals surface area contributed by atoms with Gasteiger partial charge in [0.2, 0.25) is 0 Å². The molecule has 0 aromatic heterocycles. The van der Waals surface area contributed by atoms with Gasteiger partial charge in [-0.1, -0.05) is 0 Å². The van der Waals surface area contributed by atoms with Crippen LogP contribution in [0.25, 0.3) is 0 Å². The van der Waals surface area contributed by atoms with Crippen molar-refractivity contribution in [3.8, 4) is 5.75 Å². The monoisotopic (exact) mass is 294 g/mol. The minimum absolute atomic E-state index is 0.417. The number of esters is 2. The Balaban J connectivity index is 2.79. The largest absolute Gasteiger partial charge is 0.476 e. The van der Waals surface area contributed by atoms with Gasteiger partial charge >= 0.3 is 11.9 Å². The van der Waals surface area contributed by atoms with Gasteiger partial charge in [0.1, 0.15) is 11.4 Å². The normalized spacial score (nSPS) is 11.7. The summed E-state index contributed by atoms with van der Waals surface area (Å²) in [5, 5.41) is 0. The molecule has 0 aliphatic carbocycles. The van der Waals surface area contributed by atoms with Gasteiger partial charge in [-0.3, -0.25) is 0 Å².